The quantitative estimate of drug-likeness (QED) is 0.413. The molecule has 2 aromatic rings. The standard InChI is InChI=1S/C22H22N4O3/c1-24(2)17-9-14-16(10-20(17)27)26(15-8-6-5-7-13(15)23-14)19-12-21(28)18(25(3)4)11-22(19)29/h5-12,28-29H,1-4H3. The number of fused-ring (bicyclic) bond motifs is 2. The van der Waals surface area contributed by atoms with Crippen LogP contribution in [0, 0.1) is 0 Å². The molecule has 7 heteroatoms. The molecule has 0 amide bonds. The Bertz CT molecular complexity index is 1260. The molecule has 4 rings (SSSR count). The number of anilines is 2. The maximum Gasteiger partial charge on any atom is 0.204 e. The van der Waals surface area contributed by atoms with Crippen LogP contribution in [-0.4, -0.2) is 48.0 Å². The van der Waals surface area contributed by atoms with Crippen molar-refractivity contribution in [3.05, 3.63) is 58.8 Å². The molecule has 29 heavy (non-hydrogen) atoms. The van der Waals surface area contributed by atoms with Gasteiger partial charge in [-0.1, -0.05) is 12.1 Å². The van der Waals surface area contributed by atoms with Gasteiger partial charge in [0.1, 0.15) is 11.5 Å². The van der Waals surface area contributed by atoms with E-state index in [0.29, 0.717) is 39.5 Å². The van der Waals surface area contributed by atoms with Crippen LogP contribution in [0.2, 0.25) is 0 Å². The number of hydrogen-bond acceptors (Lipinski definition) is 6. The van der Waals surface area contributed by atoms with Gasteiger partial charge in [-0.15, -0.1) is 0 Å². The molecule has 1 aliphatic carbocycles. The second-order valence-corrected chi connectivity index (χ2v) is 7.36. The van der Waals surface area contributed by atoms with E-state index >= 15 is 0 Å². The second-order valence-electron chi connectivity index (χ2n) is 7.36. The number of nitrogens with zero attached hydrogens (tertiary/aromatic N) is 4. The third kappa shape index (κ3) is 3.00. The van der Waals surface area contributed by atoms with Crippen LogP contribution >= 0.6 is 0 Å². The minimum Gasteiger partial charge on any atom is -0.506 e. The number of aromatic nitrogens is 2. The van der Waals surface area contributed by atoms with E-state index in [-0.39, 0.29) is 16.9 Å². The molecule has 1 aliphatic heterocycles. The molecule has 0 saturated heterocycles. The van der Waals surface area contributed by atoms with Crippen LogP contribution in [-0.2, 0) is 0 Å². The van der Waals surface area contributed by atoms with E-state index in [4.69, 9.17) is 4.98 Å². The van der Waals surface area contributed by atoms with E-state index in [1.807, 2.05) is 38.4 Å². The van der Waals surface area contributed by atoms with Gasteiger partial charge in [0.15, 0.2) is 0 Å². The van der Waals surface area contributed by atoms with E-state index < -0.39 is 0 Å². The lowest BCUT2D eigenvalue weighted by Crippen LogP contribution is -2.20. The summed E-state index contributed by atoms with van der Waals surface area (Å²) in [6, 6.07) is 13.7. The van der Waals surface area contributed by atoms with Crippen LogP contribution < -0.4 is 15.2 Å². The van der Waals surface area contributed by atoms with Crippen molar-refractivity contribution in [2.45, 2.75) is 0 Å². The molecule has 0 aromatic heterocycles. The SMILES string of the molecule is CN(C)c1cc(O)c(-n2c3cc(=O)c(N(C)C)cc-3nc3ccccc32)cc1O. The van der Waals surface area contributed by atoms with Gasteiger partial charge in [-0.3, -0.25) is 4.79 Å². The molecular weight excluding hydrogens is 368 g/mol. The summed E-state index contributed by atoms with van der Waals surface area (Å²) in [6.45, 7) is 0. The third-order valence-corrected chi connectivity index (χ3v) is 4.94. The predicted molar refractivity (Wildman–Crippen MR) is 116 cm³/mol. The summed E-state index contributed by atoms with van der Waals surface area (Å²) in [7, 11) is 7.18. The molecule has 0 spiro atoms. The summed E-state index contributed by atoms with van der Waals surface area (Å²) in [5, 5.41) is 21.3. The summed E-state index contributed by atoms with van der Waals surface area (Å²) >= 11 is 0. The van der Waals surface area contributed by atoms with Crippen LogP contribution in [0.4, 0.5) is 11.4 Å². The van der Waals surface area contributed by atoms with Crippen molar-refractivity contribution < 1.29 is 10.2 Å². The highest BCUT2D eigenvalue weighted by Gasteiger charge is 2.20. The van der Waals surface area contributed by atoms with Crippen molar-refractivity contribution in [3.63, 3.8) is 0 Å². The van der Waals surface area contributed by atoms with E-state index in [0.717, 1.165) is 0 Å². The van der Waals surface area contributed by atoms with Crippen molar-refractivity contribution in [2.24, 2.45) is 0 Å². The molecule has 2 aromatic carbocycles. The fraction of sp³-hybridized carbons (Fsp3) is 0.182. The monoisotopic (exact) mass is 390 g/mol. The van der Waals surface area contributed by atoms with Crippen LogP contribution in [0.1, 0.15) is 0 Å². The molecule has 148 valence electrons. The van der Waals surface area contributed by atoms with Gasteiger partial charge in [-0.25, -0.2) is 4.98 Å². The Morgan fingerprint density at radius 1 is 0.862 bits per heavy atom. The Kier molecular flexibility index (Phi) is 4.30. The molecule has 2 N–H and O–H groups in total. The van der Waals surface area contributed by atoms with Gasteiger partial charge in [-0.2, -0.15) is 0 Å². The first kappa shape index (κ1) is 18.6. The molecule has 0 radical (unpaired) electrons. The van der Waals surface area contributed by atoms with E-state index in [9.17, 15) is 15.0 Å². The zero-order valence-electron chi connectivity index (χ0n) is 16.7. The molecule has 0 unspecified atom stereocenters. The number of rotatable bonds is 3. The normalized spacial score (nSPS) is 11.2. The Balaban J connectivity index is 2.14. The van der Waals surface area contributed by atoms with Crippen LogP contribution in [0.3, 0.4) is 0 Å². The average molecular weight is 390 g/mol. The molecule has 0 saturated carbocycles. The lowest BCUT2D eigenvalue weighted by atomic mass is 10.1. The second kappa shape index (κ2) is 6.70. The fourth-order valence-corrected chi connectivity index (χ4v) is 3.52. The first-order valence-electron chi connectivity index (χ1n) is 9.14. The summed E-state index contributed by atoms with van der Waals surface area (Å²) in [5.74, 6) is 0.00916. The Hall–Kier alpha value is -3.74. The summed E-state index contributed by atoms with van der Waals surface area (Å²) in [4.78, 5) is 20.9. The topological polar surface area (TPSA) is 81.8 Å². The van der Waals surface area contributed by atoms with E-state index in [2.05, 4.69) is 0 Å². The zero-order valence-corrected chi connectivity index (χ0v) is 16.7. The number of hydrogen-bond donors (Lipinski definition) is 2. The Morgan fingerprint density at radius 3 is 2.24 bits per heavy atom. The van der Waals surface area contributed by atoms with E-state index in [1.165, 1.54) is 18.2 Å². The molecule has 0 fully saturated rings. The van der Waals surface area contributed by atoms with Gasteiger partial charge < -0.3 is 24.6 Å². The number of para-hydroxylation sites is 2. The Morgan fingerprint density at radius 2 is 1.55 bits per heavy atom. The van der Waals surface area contributed by atoms with Gasteiger partial charge in [0.25, 0.3) is 0 Å². The number of benzene rings is 3. The zero-order chi connectivity index (χ0) is 20.9. The van der Waals surface area contributed by atoms with Crippen molar-refractivity contribution in [1.29, 1.82) is 0 Å². The minimum atomic E-state index is -0.151. The maximum atomic E-state index is 12.7. The summed E-state index contributed by atoms with van der Waals surface area (Å²) < 4.78 is 1.76. The summed E-state index contributed by atoms with van der Waals surface area (Å²) in [6.07, 6.45) is 0. The van der Waals surface area contributed by atoms with E-state index in [1.54, 1.807) is 34.5 Å². The maximum absolute atomic E-state index is 12.7. The molecule has 2 aliphatic rings. The number of phenolic OH excluding ortho intramolecular Hbond substituents is 2. The summed E-state index contributed by atoms with van der Waals surface area (Å²) in [5.41, 5.74) is 3.82. The van der Waals surface area contributed by atoms with Crippen molar-refractivity contribution >= 4 is 22.4 Å². The highest BCUT2D eigenvalue weighted by atomic mass is 16.3. The van der Waals surface area contributed by atoms with Gasteiger partial charge in [0, 0.05) is 46.4 Å². The highest BCUT2D eigenvalue weighted by molar-refractivity contribution is 5.85. The Labute approximate surface area is 168 Å². The van der Waals surface area contributed by atoms with Gasteiger partial charge >= 0.3 is 0 Å². The van der Waals surface area contributed by atoms with Crippen molar-refractivity contribution in [3.8, 4) is 28.6 Å². The third-order valence-electron chi connectivity index (χ3n) is 4.94. The van der Waals surface area contributed by atoms with Gasteiger partial charge in [0.05, 0.1) is 39.5 Å². The predicted octanol–water partition coefficient (Wildman–Crippen LogP) is 3.03. The number of phenols is 2. The average Bonchev–Trinajstić information content (AvgIpc) is 2.67. The van der Waals surface area contributed by atoms with Crippen LogP contribution in [0.25, 0.3) is 28.1 Å². The van der Waals surface area contributed by atoms with Crippen molar-refractivity contribution in [1.82, 2.24) is 9.55 Å². The largest absolute Gasteiger partial charge is 0.506 e. The first-order valence-corrected chi connectivity index (χ1v) is 9.14. The lowest BCUT2D eigenvalue weighted by molar-refractivity contribution is 0.458. The minimum absolute atomic E-state index is 0.0155. The van der Waals surface area contributed by atoms with Gasteiger partial charge in [0.2, 0.25) is 5.43 Å². The highest BCUT2D eigenvalue weighted by Crippen LogP contribution is 2.39. The molecule has 7 nitrogen and oxygen atoms in total. The number of aromatic hydroxyl groups is 2. The van der Waals surface area contributed by atoms with Crippen LogP contribution in [0.15, 0.2) is 53.3 Å². The first-order chi connectivity index (χ1) is 13.8. The lowest BCUT2D eigenvalue weighted by Gasteiger charge is -2.22. The molecule has 1 heterocycles. The fourth-order valence-electron chi connectivity index (χ4n) is 3.52. The smallest absolute Gasteiger partial charge is 0.204 e. The molecule has 0 atom stereocenters. The molecular formula is C22H22N4O3. The van der Waals surface area contributed by atoms with Gasteiger partial charge in [-0.05, 0) is 18.2 Å². The van der Waals surface area contributed by atoms with Crippen molar-refractivity contribution in [2.75, 3.05) is 38.0 Å². The van der Waals surface area contributed by atoms with Crippen LogP contribution in [0.5, 0.6) is 11.5 Å². The molecule has 0 bridgehead atoms.